The van der Waals surface area contributed by atoms with Gasteiger partial charge in [-0.3, -0.25) is 9.59 Å². The maximum Gasteiger partial charge on any atom is 0.292 e. The maximum atomic E-state index is 12.0. The molecule has 1 aliphatic carbocycles. The Bertz CT molecular complexity index is 520. The lowest BCUT2D eigenvalue weighted by molar-refractivity contribution is -0.117. The van der Waals surface area contributed by atoms with Crippen LogP contribution in [0.3, 0.4) is 0 Å². The van der Waals surface area contributed by atoms with Crippen molar-refractivity contribution in [2.75, 3.05) is 6.79 Å². The SMILES string of the molecule is O=C(NC1CCCC1)C(=O)c1ccc2c(c1)OCO2. The van der Waals surface area contributed by atoms with Gasteiger partial charge in [-0.1, -0.05) is 12.8 Å². The summed E-state index contributed by atoms with van der Waals surface area (Å²) < 4.78 is 10.4. The van der Waals surface area contributed by atoms with Gasteiger partial charge >= 0.3 is 0 Å². The van der Waals surface area contributed by atoms with Gasteiger partial charge in [-0.2, -0.15) is 0 Å². The van der Waals surface area contributed by atoms with E-state index in [2.05, 4.69) is 5.32 Å². The first-order valence-corrected chi connectivity index (χ1v) is 6.49. The molecule has 0 aromatic heterocycles. The van der Waals surface area contributed by atoms with Crippen LogP contribution in [0.5, 0.6) is 11.5 Å². The van der Waals surface area contributed by atoms with Crippen LogP contribution in [-0.4, -0.2) is 24.5 Å². The Morgan fingerprint density at radius 3 is 2.63 bits per heavy atom. The van der Waals surface area contributed by atoms with Crippen molar-refractivity contribution in [3.63, 3.8) is 0 Å². The van der Waals surface area contributed by atoms with Crippen molar-refractivity contribution in [3.8, 4) is 11.5 Å². The third-order valence-electron chi connectivity index (χ3n) is 3.53. The zero-order valence-corrected chi connectivity index (χ0v) is 10.5. The number of amides is 1. The van der Waals surface area contributed by atoms with E-state index in [-0.39, 0.29) is 12.8 Å². The van der Waals surface area contributed by atoms with Crippen LogP contribution in [0.2, 0.25) is 0 Å². The molecule has 1 amide bonds. The minimum absolute atomic E-state index is 0.144. The molecule has 0 unspecified atom stereocenters. The van der Waals surface area contributed by atoms with E-state index in [1.807, 2.05) is 0 Å². The summed E-state index contributed by atoms with van der Waals surface area (Å²) in [6.07, 6.45) is 4.15. The maximum absolute atomic E-state index is 12.0. The standard InChI is InChI=1S/C14H15NO4/c16-13(14(17)15-10-3-1-2-4-10)9-5-6-11-12(7-9)19-8-18-11/h5-7,10H,1-4,8H2,(H,15,17). The predicted octanol–water partition coefficient (Wildman–Crippen LogP) is 1.66. The van der Waals surface area contributed by atoms with Gasteiger partial charge in [0.25, 0.3) is 5.91 Å². The van der Waals surface area contributed by atoms with E-state index in [4.69, 9.17) is 9.47 Å². The van der Waals surface area contributed by atoms with Crippen LogP contribution in [0.1, 0.15) is 36.0 Å². The Hall–Kier alpha value is -2.04. The van der Waals surface area contributed by atoms with E-state index in [9.17, 15) is 9.59 Å². The van der Waals surface area contributed by atoms with Gasteiger partial charge in [-0.15, -0.1) is 0 Å². The summed E-state index contributed by atoms with van der Waals surface area (Å²) in [6.45, 7) is 0.154. The summed E-state index contributed by atoms with van der Waals surface area (Å²) in [5.41, 5.74) is 0.333. The average Bonchev–Trinajstić information content (AvgIpc) is 3.07. The fourth-order valence-corrected chi connectivity index (χ4v) is 2.49. The number of Topliss-reactive ketones (excluding diaryl/α,β-unsaturated/α-hetero) is 1. The van der Waals surface area contributed by atoms with Gasteiger partial charge in [0.15, 0.2) is 11.5 Å². The Labute approximate surface area is 110 Å². The minimum Gasteiger partial charge on any atom is -0.454 e. The van der Waals surface area contributed by atoms with Crippen molar-refractivity contribution in [1.29, 1.82) is 0 Å². The fourth-order valence-electron chi connectivity index (χ4n) is 2.49. The Morgan fingerprint density at radius 1 is 1.11 bits per heavy atom. The molecule has 1 N–H and O–H groups in total. The van der Waals surface area contributed by atoms with Gasteiger partial charge in [-0.05, 0) is 31.0 Å². The van der Waals surface area contributed by atoms with E-state index < -0.39 is 11.7 Å². The molecule has 0 spiro atoms. The molecule has 100 valence electrons. The number of fused-ring (bicyclic) bond motifs is 1. The normalized spacial score (nSPS) is 17.5. The molecule has 0 radical (unpaired) electrons. The zero-order chi connectivity index (χ0) is 13.2. The highest BCUT2D eigenvalue weighted by Crippen LogP contribution is 2.32. The molecule has 3 rings (SSSR count). The number of nitrogens with one attached hydrogen (secondary N) is 1. The van der Waals surface area contributed by atoms with Crippen LogP contribution in [0.4, 0.5) is 0 Å². The van der Waals surface area contributed by atoms with Gasteiger partial charge in [0.2, 0.25) is 12.6 Å². The second-order valence-electron chi connectivity index (χ2n) is 4.85. The lowest BCUT2D eigenvalue weighted by Crippen LogP contribution is -2.37. The van der Waals surface area contributed by atoms with Gasteiger partial charge in [0, 0.05) is 11.6 Å². The number of benzene rings is 1. The highest BCUT2D eigenvalue weighted by Gasteiger charge is 2.24. The largest absolute Gasteiger partial charge is 0.454 e. The molecule has 0 bridgehead atoms. The first kappa shape index (κ1) is 12.0. The Morgan fingerprint density at radius 2 is 1.84 bits per heavy atom. The van der Waals surface area contributed by atoms with Crippen LogP contribution >= 0.6 is 0 Å². The highest BCUT2D eigenvalue weighted by atomic mass is 16.7. The molecule has 1 aliphatic heterocycles. The first-order chi connectivity index (χ1) is 9.24. The molecular weight excluding hydrogens is 246 g/mol. The molecule has 1 saturated carbocycles. The second-order valence-corrected chi connectivity index (χ2v) is 4.85. The predicted molar refractivity (Wildman–Crippen MR) is 67.3 cm³/mol. The monoisotopic (exact) mass is 261 g/mol. The van der Waals surface area contributed by atoms with Crippen LogP contribution in [0.15, 0.2) is 18.2 Å². The molecule has 1 aromatic carbocycles. The lowest BCUT2D eigenvalue weighted by atomic mass is 10.1. The summed E-state index contributed by atoms with van der Waals surface area (Å²) in [5.74, 6) is 0.0585. The molecule has 5 nitrogen and oxygen atoms in total. The van der Waals surface area contributed by atoms with Gasteiger partial charge < -0.3 is 14.8 Å². The number of carbonyl (C=O) groups is 2. The van der Waals surface area contributed by atoms with Crippen molar-refractivity contribution in [2.24, 2.45) is 0 Å². The summed E-state index contributed by atoms with van der Waals surface area (Å²) in [5, 5.41) is 2.78. The molecule has 1 aromatic rings. The van der Waals surface area contributed by atoms with Crippen molar-refractivity contribution < 1.29 is 19.1 Å². The molecule has 0 saturated heterocycles. The van der Waals surface area contributed by atoms with Crippen molar-refractivity contribution in [3.05, 3.63) is 23.8 Å². The van der Waals surface area contributed by atoms with Crippen LogP contribution in [-0.2, 0) is 4.79 Å². The van der Waals surface area contributed by atoms with Crippen molar-refractivity contribution in [2.45, 2.75) is 31.7 Å². The Kier molecular flexibility index (Phi) is 3.11. The molecule has 19 heavy (non-hydrogen) atoms. The fraction of sp³-hybridized carbons (Fsp3) is 0.429. The number of ketones is 1. The molecule has 5 heteroatoms. The van der Waals surface area contributed by atoms with E-state index in [1.54, 1.807) is 18.2 Å². The number of rotatable bonds is 3. The smallest absolute Gasteiger partial charge is 0.292 e. The Balaban J connectivity index is 1.70. The summed E-state index contributed by atoms with van der Waals surface area (Å²) in [6, 6.07) is 4.94. The summed E-state index contributed by atoms with van der Waals surface area (Å²) in [4.78, 5) is 23.9. The van der Waals surface area contributed by atoms with Crippen LogP contribution in [0, 0.1) is 0 Å². The highest BCUT2D eigenvalue weighted by molar-refractivity contribution is 6.42. The third-order valence-corrected chi connectivity index (χ3v) is 3.53. The van der Waals surface area contributed by atoms with E-state index in [0.29, 0.717) is 17.1 Å². The first-order valence-electron chi connectivity index (χ1n) is 6.49. The molecule has 0 atom stereocenters. The second kappa shape index (κ2) is 4.91. The van der Waals surface area contributed by atoms with E-state index in [0.717, 1.165) is 25.7 Å². The van der Waals surface area contributed by atoms with E-state index >= 15 is 0 Å². The minimum atomic E-state index is -0.536. The van der Waals surface area contributed by atoms with Gasteiger partial charge in [0.05, 0.1) is 0 Å². The average molecular weight is 261 g/mol. The lowest BCUT2D eigenvalue weighted by Gasteiger charge is -2.11. The molecular formula is C14H15NO4. The van der Waals surface area contributed by atoms with Gasteiger partial charge in [-0.25, -0.2) is 0 Å². The van der Waals surface area contributed by atoms with E-state index in [1.165, 1.54) is 0 Å². The summed E-state index contributed by atoms with van der Waals surface area (Å²) in [7, 11) is 0. The quantitative estimate of drug-likeness (QED) is 0.664. The molecule has 1 fully saturated rings. The van der Waals surface area contributed by atoms with Crippen molar-refractivity contribution >= 4 is 11.7 Å². The molecule has 2 aliphatic rings. The van der Waals surface area contributed by atoms with Crippen LogP contribution < -0.4 is 14.8 Å². The number of ether oxygens (including phenoxy) is 2. The number of hydrogen-bond donors (Lipinski definition) is 1. The topological polar surface area (TPSA) is 64.6 Å². The van der Waals surface area contributed by atoms with Crippen molar-refractivity contribution in [1.82, 2.24) is 5.32 Å². The summed E-state index contributed by atoms with van der Waals surface area (Å²) >= 11 is 0. The number of carbonyl (C=O) groups excluding carboxylic acids is 2. The third kappa shape index (κ3) is 2.41. The van der Waals surface area contributed by atoms with Crippen LogP contribution in [0.25, 0.3) is 0 Å². The van der Waals surface area contributed by atoms with Gasteiger partial charge in [0.1, 0.15) is 0 Å². The zero-order valence-electron chi connectivity index (χ0n) is 10.5. The molecule has 1 heterocycles. The number of hydrogen-bond acceptors (Lipinski definition) is 4.